The number of phenols is 1. The van der Waals surface area contributed by atoms with E-state index in [4.69, 9.17) is 0 Å². The van der Waals surface area contributed by atoms with Crippen molar-refractivity contribution in [3.8, 4) is 5.75 Å². The third kappa shape index (κ3) is 2.51. The number of piperidine rings is 1. The summed E-state index contributed by atoms with van der Waals surface area (Å²) in [6, 6.07) is 7.00. The fraction of sp³-hybridized carbons (Fsp3) is 0.731. The van der Waals surface area contributed by atoms with E-state index >= 15 is 0 Å². The second-order valence-electron chi connectivity index (χ2n) is 11.6. The van der Waals surface area contributed by atoms with Crippen molar-refractivity contribution >= 4 is 6.03 Å². The van der Waals surface area contributed by atoms with E-state index in [-0.39, 0.29) is 35.0 Å². The van der Waals surface area contributed by atoms with Gasteiger partial charge in [0.1, 0.15) is 5.75 Å². The molecule has 1 aromatic carbocycles. The second-order valence-corrected chi connectivity index (χ2v) is 11.6. The Bertz CT molecular complexity index is 948. The van der Waals surface area contributed by atoms with Crippen LogP contribution in [0.5, 0.6) is 5.75 Å². The van der Waals surface area contributed by atoms with Crippen molar-refractivity contribution < 1.29 is 15.0 Å². The first kappa shape index (κ1) is 20.8. The monoisotopic (exact) mass is 439 g/mol. The number of aliphatic hydroxyl groups excluding tert-OH is 1. The lowest BCUT2D eigenvalue weighted by molar-refractivity contribution is -0.107. The van der Waals surface area contributed by atoms with Crippen LogP contribution in [0.4, 0.5) is 4.79 Å². The molecule has 3 N–H and O–H groups in total. The minimum absolute atomic E-state index is 0.0274. The van der Waals surface area contributed by atoms with Gasteiger partial charge in [-0.1, -0.05) is 6.07 Å². The predicted octanol–water partition coefficient (Wildman–Crippen LogP) is 2.86. The van der Waals surface area contributed by atoms with Gasteiger partial charge in [-0.25, -0.2) is 4.79 Å². The molecule has 3 aliphatic carbocycles. The SMILES string of the molecule is CC(C)NC(=O)N1C[C@H]2CC34CCC1C2C31CCN(C[C@@H](C)O)C4Cc2ccc(O)cc21. The Kier molecular flexibility index (Phi) is 4.46. The number of likely N-dealkylation sites (tertiary alicyclic amines) is 2. The Balaban J connectivity index is 1.47. The lowest BCUT2D eigenvalue weighted by atomic mass is 9.43. The molecule has 6 heteroatoms. The highest BCUT2D eigenvalue weighted by molar-refractivity contribution is 5.75. The number of carbonyl (C=O) groups excluding carboxylic acids is 1. The molecule has 2 saturated carbocycles. The molecule has 4 fully saturated rings. The number of aliphatic hydroxyl groups is 1. The molecular formula is C26H37N3O3. The van der Waals surface area contributed by atoms with Crippen LogP contribution in [-0.4, -0.2) is 69.9 Å². The fourth-order valence-electron chi connectivity index (χ4n) is 9.21. The summed E-state index contributed by atoms with van der Waals surface area (Å²) < 4.78 is 0. The molecule has 2 saturated heterocycles. The van der Waals surface area contributed by atoms with E-state index < -0.39 is 0 Å². The van der Waals surface area contributed by atoms with Crippen LogP contribution in [0, 0.1) is 17.3 Å². The molecule has 0 radical (unpaired) electrons. The first-order valence-corrected chi connectivity index (χ1v) is 12.6. The van der Waals surface area contributed by atoms with Crippen molar-refractivity contribution in [2.45, 2.75) is 82.5 Å². The number of fused-ring (bicyclic) bond motifs is 1. The molecule has 5 aliphatic rings. The summed E-state index contributed by atoms with van der Waals surface area (Å²) in [5, 5.41) is 23.9. The summed E-state index contributed by atoms with van der Waals surface area (Å²) in [4.78, 5) is 17.8. The Hall–Kier alpha value is -1.79. The molecule has 5 unspecified atom stereocenters. The minimum Gasteiger partial charge on any atom is -0.508 e. The van der Waals surface area contributed by atoms with Gasteiger partial charge in [0.25, 0.3) is 0 Å². The maximum absolute atomic E-state index is 13.1. The van der Waals surface area contributed by atoms with E-state index in [2.05, 4.69) is 27.2 Å². The van der Waals surface area contributed by atoms with Crippen LogP contribution in [0.1, 0.15) is 57.6 Å². The first-order chi connectivity index (χ1) is 15.3. The van der Waals surface area contributed by atoms with Crippen LogP contribution < -0.4 is 5.32 Å². The Morgan fingerprint density at radius 2 is 2.09 bits per heavy atom. The van der Waals surface area contributed by atoms with Crippen molar-refractivity contribution in [1.29, 1.82) is 0 Å². The molecule has 4 bridgehead atoms. The lowest BCUT2D eigenvalue weighted by Gasteiger charge is -2.66. The van der Waals surface area contributed by atoms with Gasteiger partial charge >= 0.3 is 6.03 Å². The number of benzene rings is 1. The molecule has 1 aromatic rings. The zero-order valence-corrected chi connectivity index (χ0v) is 19.6. The number of aromatic hydroxyl groups is 1. The molecule has 7 atom stereocenters. The van der Waals surface area contributed by atoms with Crippen molar-refractivity contribution in [3.63, 3.8) is 0 Å². The molecule has 2 heterocycles. The zero-order valence-electron chi connectivity index (χ0n) is 19.6. The standard InChI is InChI=1S/C26H37N3O3/c1-15(2)27-24(32)29-14-18-12-25-7-6-21(29)23(18)26(25)8-9-28(13-16(3)30)22(25)10-17-4-5-19(31)11-20(17)26/h4-5,11,15-16,18,21-23,30-31H,6-10,12-14H2,1-3H3,(H,27,32)/t16-,18-,21?,22?,23?,25?,26?/m1/s1. The fourth-order valence-corrected chi connectivity index (χ4v) is 9.21. The van der Waals surface area contributed by atoms with Gasteiger partial charge in [-0.3, -0.25) is 4.90 Å². The quantitative estimate of drug-likeness (QED) is 0.677. The molecule has 6 nitrogen and oxygen atoms in total. The molecule has 0 aromatic heterocycles. The average Bonchev–Trinajstić information content (AvgIpc) is 3.16. The number of urea groups is 1. The molecule has 2 amide bonds. The number of hydrogen-bond acceptors (Lipinski definition) is 4. The Labute approximate surface area is 191 Å². The second kappa shape index (κ2) is 6.86. The predicted molar refractivity (Wildman–Crippen MR) is 123 cm³/mol. The average molecular weight is 440 g/mol. The van der Waals surface area contributed by atoms with E-state index in [1.165, 1.54) is 11.1 Å². The van der Waals surface area contributed by atoms with E-state index in [1.807, 2.05) is 26.8 Å². The summed E-state index contributed by atoms with van der Waals surface area (Å²) in [5.74, 6) is 1.35. The van der Waals surface area contributed by atoms with E-state index in [1.54, 1.807) is 0 Å². The first-order valence-electron chi connectivity index (χ1n) is 12.6. The number of nitrogens with zero attached hydrogens (tertiary/aromatic N) is 2. The highest BCUT2D eigenvalue weighted by Gasteiger charge is 2.76. The van der Waals surface area contributed by atoms with Gasteiger partial charge in [0.05, 0.1) is 6.10 Å². The van der Waals surface area contributed by atoms with Crippen LogP contribution in [0.3, 0.4) is 0 Å². The van der Waals surface area contributed by atoms with Gasteiger partial charge in [0, 0.05) is 36.6 Å². The summed E-state index contributed by atoms with van der Waals surface area (Å²) in [5.41, 5.74) is 2.95. The number of β-amino-alcohol motifs (C(OH)–C–C–N with tert-alkyl or cyclic N) is 1. The van der Waals surface area contributed by atoms with Crippen molar-refractivity contribution in [3.05, 3.63) is 29.3 Å². The number of nitrogens with one attached hydrogen (secondary N) is 1. The van der Waals surface area contributed by atoms with E-state index in [9.17, 15) is 15.0 Å². The van der Waals surface area contributed by atoms with Crippen molar-refractivity contribution in [1.82, 2.24) is 15.1 Å². The smallest absolute Gasteiger partial charge is 0.317 e. The third-order valence-electron chi connectivity index (χ3n) is 9.76. The minimum atomic E-state index is -0.326. The third-order valence-corrected chi connectivity index (χ3v) is 9.76. The van der Waals surface area contributed by atoms with Crippen molar-refractivity contribution in [2.75, 3.05) is 19.6 Å². The van der Waals surface area contributed by atoms with Crippen LogP contribution in [-0.2, 0) is 11.8 Å². The number of phenolic OH excluding ortho intramolecular Hbond substituents is 1. The molecule has 0 spiro atoms. The molecule has 174 valence electrons. The summed E-state index contributed by atoms with van der Waals surface area (Å²) >= 11 is 0. The number of rotatable bonds is 3. The number of hydrogen-bond donors (Lipinski definition) is 3. The van der Waals surface area contributed by atoms with Crippen LogP contribution in [0.2, 0.25) is 0 Å². The van der Waals surface area contributed by atoms with Gasteiger partial charge < -0.3 is 20.4 Å². The van der Waals surface area contributed by atoms with Gasteiger partial charge in [-0.2, -0.15) is 0 Å². The topological polar surface area (TPSA) is 76.0 Å². The molecular weight excluding hydrogens is 402 g/mol. The summed E-state index contributed by atoms with van der Waals surface area (Å²) in [6.45, 7) is 8.54. The van der Waals surface area contributed by atoms with Gasteiger partial charge in [0.2, 0.25) is 0 Å². The Morgan fingerprint density at radius 1 is 1.28 bits per heavy atom. The van der Waals surface area contributed by atoms with Crippen LogP contribution in [0.25, 0.3) is 0 Å². The van der Waals surface area contributed by atoms with E-state index in [0.717, 1.165) is 51.7 Å². The molecule has 32 heavy (non-hydrogen) atoms. The van der Waals surface area contributed by atoms with Crippen LogP contribution >= 0.6 is 0 Å². The summed E-state index contributed by atoms with van der Waals surface area (Å²) in [6.07, 6.45) is 5.10. The molecule has 2 aliphatic heterocycles. The number of carbonyl (C=O) groups is 1. The van der Waals surface area contributed by atoms with Crippen LogP contribution in [0.15, 0.2) is 18.2 Å². The highest BCUT2D eigenvalue weighted by atomic mass is 16.3. The Morgan fingerprint density at radius 3 is 2.84 bits per heavy atom. The van der Waals surface area contributed by atoms with E-state index in [0.29, 0.717) is 23.6 Å². The van der Waals surface area contributed by atoms with Gasteiger partial charge in [-0.05, 0) is 99.9 Å². The highest BCUT2D eigenvalue weighted by Crippen LogP contribution is 2.75. The maximum Gasteiger partial charge on any atom is 0.317 e. The van der Waals surface area contributed by atoms with Gasteiger partial charge in [-0.15, -0.1) is 0 Å². The maximum atomic E-state index is 13.1. The normalized spacial score (nSPS) is 40.2. The summed E-state index contributed by atoms with van der Waals surface area (Å²) in [7, 11) is 0. The van der Waals surface area contributed by atoms with Gasteiger partial charge in [0.15, 0.2) is 0 Å². The largest absolute Gasteiger partial charge is 0.508 e. The van der Waals surface area contributed by atoms with Crippen molar-refractivity contribution in [2.24, 2.45) is 17.3 Å². The lowest BCUT2D eigenvalue weighted by Crippen LogP contribution is -2.70. The number of amides is 2. The molecule has 6 rings (SSSR count). The zero-order chi connectivity index (χ0) is 22.4.